The molecule has 0 radical (unpaired) electrons. The predicted octanol–water partition coefficient (Wildman–Crippen LogP) is 1.97. The topological polar surface area (TPSA) is 64.3 Å². The van der Waals surface area contributed by atoms with E-state index in [0.29, 0.717) is 17.0 Å². The fourth-order valence-corrected chi connectivity index (χ4v) is 2.46. The molecule has 0 aliphatic carbocycles. The Balaban J connectivity index is 2.26. The molecule has 4 heteroatoms. The van der Waals surface area contributed by atoms with Crippen LogP contribution in [0.1, 0.15) is 35.7 Å². The molecule has 0 spiro atoms. The average molecular weight is 258 g/mol. The molecule has 1 aliphatic heterocycles. The van der Waals surface area contributed by atoms with E-state index in [4.69, 9.17) is 5.11 Å². The first-order valence-electron chi connectivity index (χ1n) is 6.56. The zero-order chi connectivity index (χ0) is 13.8. The molecule has 1 saturated heterocycles. The van der Waals surface area contributed by atoms with Crippen LogP contribution in [-0.2, 0) is 0 Å². The molecule has 1 aromatic rings. The Kier molecular flexibility index (Phi) is 4.18. The van der Waals surface area contributed by atoms with Gasteiger partial charge >= 0.3 is 0 Å². The van der Waals surface area contributed by atoms with Crippen molar-refractivity contribution in [1.82, 2.24) is 0 Å². The first-order chi connectivity index (χ1) is 9.15. The molecule has 0 amide bonds. The van der Waals surface area contributed by atoms with E-state index in [1.54, 1.807) is 18.2 Å². The summed E-state index contributed by atoms with van der Waals surface area (Å²) in [6, 6.07) is 7.40. The Bertz CT molecular complexity index is 511. The van der Waals surface area contributed by atoms with Gasteiger partial charge in [0.1, 0.15) is 6.07 Å². The lowest BCUT2D eigenvalue weighted by Crippen LogP contribution is -2.35. The highest BCUT2D eigenvalue weighted by Crippen LogP contribution is 2.27. The van der Waals surface area contributed by atoms with E-state index >= 15 is 0 Å². The fraction of sp³-hybridized carbons (Fsp3) is 0.467. The lowest BCUT2D eigenvalue weighted by molar-refractivity contribution is 0.101. The smallest absolute Gasteiger partial charge is 0.159 e. The Hall–Kier alpha value is -1.86. The summed E-state index contributed by atoms with van der Waals surface area (Å²) in [5.74, 6) is 0.369. The average Bonchev–Trinajstić information content (AvgIpc) is 2.46. The van der Waals surface area contributed by atoms with Crippen LogP contribution in [0.15, 0.2) is 18.2 Å². The first-order valence-corrected chi connectivity index (χ1v) is 6.56. The molecule has 0 bridgehead atoms. The van der Waals surface area contributed by atoms with Gasteiger partial charge in [0.05, 0.1) is 11.3 Å². The van der Waals surface area contributed by atoms with Gasteiger partial charge in [-0.15, -0.1) is 0 Å². The summed E-state index contributed by atoms with van der Waals surface area (Å²) in [6.45, 7) is 3.40. The molecule has 1 heterocycles. The van der Waals surface area contributed by atoms with Crippen LogP contribution in [0, 0.1) is 17.2 Å². The number of ketones is 1. The van der Waals surface area contributed by atoms with Crippen molar-refractivity contribution < 1.29 is 9.90 Å². The number of nitrogens with zero attached hydrogens (tertiary/aromatic N) is 2. The van der Waals surface area contributed by atoms with Crippen LogP contribution in [0.2, 0.25) is 0 Å². The number of rotatable bonds is 3. The Labute approximate surface area is 113 Å². The maximum atomic E-state index is 11.4. The van der Waals surface area contributed by atoms with Gasteiger partial charge in [-0.05, 0) is 43.9 Å². The van der Waals surface area contributed by atoms with Gasteiger partial charge in [0.2, 0.25) is 0 Å². The number of anilines is 1. The third kappa shape index (κ3) is 2.94. The highest BCUT2D eigenvalue weighted by molar-refractivity contribution is 5.95. The summed E-state index contributed by atoms with van der Waals surface area (Å²) in [6.07, 6.45) is 1.84. The summed E-state index contributed by atoms with van der Waals surface area (Å²) >= 11 is 0. The lowest BCUT2D eigenvalue weighted by atomic mass is 9.96. The van der Waals surface area contributed by atoms with Crippen molar-refractivity contribution in [2.24, 2.45) is 5.92 Å². The van der Waals surface area contributed by atoms with E-state index in [-0.39, 0.29) is 12.4 Å². The maximum absolute atomic E-state index is 11.4. The van der Waals surface area contributed by atoms with Crippen LogP contribution in [0.4, 0.5) is 5.69 Å². The van der Waals surface area contributed by atoms with Crippen LogP contribution in [-0.4, -0.2) is 30.6 Å². The Morgan fingerprint density at radius 3 is 2.68 bits per heavy atom. The number of carbonyl (C=O) groups is 1. The van der Waals surface area contributed by atoms with Gasteiger partial charge in [-0.2, -0.15) is 5.26 Å². The molecule has 2 rings (SSSR count). The van der Waals surface area contributed by atoms with Gasteiger partial charge in [0.15, 0.2) is 5.78 Å². The first kappa shape index (κ1) is 13.6. The predicted molar refractivity (Wildman–Crippen MR) is 73.2 cm³/mol. The molecule has 1 fully saturated rings. The third-order valence-electron chi connectivity index (χ3n) is 3.74. The molecular formula is C15H18N2O2. The SMILES string of the molecule is CC(=O)c1ccc(C#N)c(N2CCC(CO)CC2)c1. The number of hydrogen-bond acceptors (Lipinski definition) is 4. The molecule has 100 valence electrons. The van der Waals surface area contributed by atoms with Gasteiger partial charge in [0, 0.05) is 25.3 Å². The van der Waals surface area contributed by atoms with Gasteiger partial charge in [-0.3, -0.25) is 4.79 Å². The number of aliphatic hydroxyl groups excluding tert-OH is 1. The Morgan fingerprint density at radius 2 is 2.16 bits per heavy atom. The molecule has 0 atom stereocenters. The molecule has 1 N–H and O–H groups in total. The van der Waals surface area contributed by atoms with Gasteiger partial charge < -0.3 is 10.0 Å². The minimum Gasteiger partial charge on any atom is -0.396 e. The normalized spacial score (nSPS) is 16.2. The van der Waals surface area contributed by atoms with Gasteiger partial charge in [-0.1, -0.05) is 0 Å². The lowest BCUT2D eigenvalue weighted by Gasteiger charge is -2.33. The largest absolute Gasteiger partial charge is 0.396 e. The standard InChI is InChI=1S/C15H18N2O2/c1-11(19)13-2-3-14(9-16)15(8-13)17-6-4-12(10-18)5-7-17/h2-3,8,12,18H,4-7,10H2,1H3. The summed E-state index contributed by atoms with van der Waals surface area (Å²) in [5, 5.41) is 18.3. The van der Waals surface area contributed by atoms with E-state index in [1.165, 1.54) is 6.92 Å². The highest BCUT2D eigenvalue weighted by Gasteiger charge is 2.21. The van der Waals surface area contributed by atoms with Crippen molar-refractivity contribution in [3.63, 3.8) is 0 Å². The quantitative estimate of drug-likeness (QED) is 0.842. The summed E-state index contributed by atoms with van der Waals surface area (Å²) in [5.41, 5.74) is 2.08. The molecule has 4 nitrogen and oxygen atoms in total. The molecule has 0 unspecified atom stereocenters. The molecule has 0 saturated carbocycles. The van der Waals surface area contributed by atoms with Crippen LogP contribution >= 0.6 is 0 Å². The molecule has 1 aliphatic rings. The van der Waals surface area contributed by atoms with Crippen LogP contribution in [0.3, 0.4) is 0 Å². The second-order valence-electron chi connectivity index (χ2n) is 5.01. The van der Waals surface area contributed by atoms with Crippen molar-refractivity contribution in [3.8, 4) is 6.07 Å². The summed E-state index contributed by atoms with van der Waals surface area (Å²) in [7, 11) is 0. The summed E-state index contributed by atoms with van der Waals surface area (Å²) in [4.78, 5) is 13.6. The van der Waals surface area contributed by atoms with Crippen molar-refractivity contribution in [2.75, 3.05) is 24.6 Å². The van der Waals surface area contributed by atoms with Crippen LogP contribution < -0.4 is 4.90 Å². The molecule has 0 aromatic heterocycles. The molecule has 1 aromatic carbocycles. The minimum atomic E-state index is 0.0102. The van der Waals surface area contributed by atoms with E-state index in [1.807, 2.05) is 0 Å². The zero-order valence-corrected chi connectivity index (χ0v) is 11.1. The zero-order valence-electron chi connectivity index (χ0n) is 11.1. The van der Waals surface area contributed by atoms with Gasteiger partial charge in [0.25, 0.3) is 0 Å². The van der Waals surface area contributed by atoms with Crippen molar-refractivity contribution in [1.29, 1.82) is 5.26 Å². The number of piperidine rings is 1. The monoisotopic (exact) mass is 258 g/mol. The second kappa shape index (κ2) is 5.85. The number of aliphatic hydroxyl groups is 1. The number of nitriles is 1. The summed E-state index contributed by atoms with van der Waals surface area (Å²) < 4.78 is 0. The van der Waals surface area contributed by atoms with E-state index in [0.717, 1.165) is 31.6 Å². The fourth-order valence-electron chi connectivity index (χ4n) is 2.46. The van der Waals surface area contributed by atoms with Crippen molar-refractivity contribution in [3.05, 3.63) is 29.3 Å². The Morgan fingerprint density at radius 1 is 1.47 bits per heavy atom. The number of hydrogen-bond donors (Lipinski definition) is 1. The minimum absolute atomic E-state index is 0.0102. The van der Waals surface area contributed by atoms with E-state index in [9.17, 15) is 10.1 Å². The van der Waals surface area contributed by atoms with Crippen molar-refractivity contribution >= 4 is 11.5 Å². The van der Waals surface area contributed by atoms with E-state index < -0.39 is 0 Å². The number of benzene rings is 1. The van der Waals surface area contributed by atoms with Crippen LogP contribution in [0.25, 0.3) is 0 Å². The number of carbonyl (C=O) groups excluding carboxylic acids is 1. The van der Waals surface area contributed by atoms with Gasteiger partial charge in [-0.25, -0.2) is 0 Å². The van der Waals surface area contributed by atoms with Crippen molar-refractivity contribution in [2.45, 2.75) is 19.8 Å². The number of Topliss-reactive ketones (excluding diaryl/α,β-unsaturated/α-hetero) is 1. The second-order valence-corrected chi connectivity index (χ2v) is 5.01. The van der Waals surface area contributed by atoms with Crippen LogP contribution in [0.5, 0.6) is 0 Å². The molecule has 19 heavy (non-hydrogen) atoms. The maximum Gasteiger partial charge on any atom is 0.159 e. The van der Waals surface area contributed by atoms with E-state index in [2.05, 4.69) is 11.0 Å². The third-order valence-corrected chi connectivity index (χ3v) is 3.74. The highest BCUT2D eigenvalue weighted by atomic mass is 16.3. The molecular weight excluding hydrogens is 240 g/mol.